The van der Waals surface area contributed by atoms with Gasteiger partial charge < -0.3 is 15.2 Å². The highest BCUT2D eigenvalue weighted by Crippen LogP contribution is 1.98. The highest BCUT2D eigenvalue weighted by atomic mass is 127. The monoisotopic (exact) mass is 434 g/mol. The summed E-state index contributed by atoms with van der Waals surface area (Å²) in [6, 6.07) is 5.40. The van der Waals surface area contributed by atoms with Crippen molar-refractivity contribution in [3.63, 3.8) is 0 Å². The molecule has 0 atom stereocenters. The van der Waals surface area contributed by atoms with E-state index in [1.807, 2.05) is 23.6 Å². The maximum absolute atomic E-state index is 11.8. The van der Waals surface area contributed by atoms with Crippen LogP contribution in [0, 0.1) is 6.92 Å². The second-order valence-corrected chi connectivity index (χ2v) is 5.41. The summed E-state index contributed by atoms with van der Waals surface area (Å²) in [4.78, 5) is 16.3. The normalized spacial score (nSPS) is 11.0. The Kier molecular flexibility index (Phi) is 12.8. The van der Waals surface area contributed by atoms with Crippen LogP contribution in [0.25, 0.3) is 0 Å². The lowest BCUT2D eigenvalue weighted by Gasteiger charge is -2.11. The first-order valence-electron chi connectivity index (χ1n) is 8.37. The van der Waals surface area contributed by atoms with E-state index in [1.54, 1.807) is 6.07 Å². The predicted molar refractivity (Wildman–Crippen MR) is 109 cm³/mol. The third kappa shape index (κ3) is 8.98. The summed E-state index contributed by atoms with van der Waals surface area (Å²) in [5.41, 5.74) is 1.10. The third-order valence-electron chi connectivity index (χ3n) is 3.49. The van der Waals surface area contributed by atoms with Crippen LogP contribution in [-0.4, -0.2) is 30.2 Å². The Morgan fingerprint density at radius 3 is 2.61 bits per heavy atom. The number of unbranched alkanes of at least 4 members (excludes halogenated alkanes) is 2. The fourth-order valence-electron chi connectivity index (χ4n) is 2.21. The number of nitrogens with one attached hydrogen (secondary N) is 2. The maximum Gasteiger partial charge on any atom is 0.250 e. The lowest BCUT2D eigenvalue weighted by Crippen LogP contribution is -2.37. The molecule has 0 fully saturated rings. The molecule has 1 aromatic rings. The molecule has 6 heteroatoms. The molecule has 0 aliphatic rings. The molecule has 0 spiro atoms. The van der Waals surface area contributed by atoms with Crippen LogP contribution in [-0.2, 0) is 6.54 Å². The zero-order valence-electron chi connectivity index (χ0n) is 14.6. The zero-order valence-corrected chi connectivity index (χ0v) is 16.9. The maximum atomic E-state index is 11.8. The van der Waals surface area contributed by atoms with E-state index >= 15 is 0 Å². The van der Waals surface area contributed by atoms with E-state index in [1.165, 1.54) is 6.42 Å². The zero-order chi connectivity index (χ0) is 16.2. The first-order valence-corrected chi connectivity index (χ1v) is 8.37. The van der Waals surface area contributed by atoms with E-state index < -0.39 is 0 Å². The van der Waals surface area contributed by atoms with Gasteiger partial charge in [0, 0.05) is 37.9 Å². The summed E-state index contributed by atoms with van der Waals surface area (Å²) in [6.45, 7) is 9.60. The highest BCUT2D eigenvalue weighted by molar-refractivity contribution is 14.0. The van der Waals surface area contributed by atoms with Gasteiger partial charge in [-0.1, -0.05) is 19.4 Å². The Labute approximate surface area is 157 Å². The highest BCUT2D eigenvalue weighted by Gasteiger charge is 1.99. The molecule has 0 unspecified atom stereocenters. The topological polar surface area (TPSA) is 58.4 Å². The van der Waals surface area contributed by atoms with Crippen LogP contribution in [0.2, 0.25) is 0 Å². The molecule has 132 valence electrons. The predicted octanol–water partition coefficient (Wildman–Crippen LogP) is 2.91. The van der Waals surface area contributed by atoms with Gasteiger partial charge >= 0.3 is 0 Å². The van der Waals surface area contributed by atoms with Crippen molar-refractivity contribution in [1.82, 2.24) is 15.2 Å². The number of hydrogen-bond acceptors (Lipinski definition) is 2. The van der Waals surface area contributed by atoms with Crippen LogP contribution in [0.3, 0.4) is 0 Å². The third-order valence-corrected chi connectivity index (χ3v) is 3.49. The summed E-state index contributed by atoms with van der Waals surface area (Å²) < 4.78 is 1.83. The van der Waals surface area contributed by atoms with E-state index in [2.05, 4.69) is 29.5 Å². The van der Waals surface area contributed by atoms with Gasteiger partial charge in [0.05, 0.1) is 0 Å². The van der Waals surface area contributed by atoms with E-state index in [4.69, 9.17) is 0 Å². The summed E-state index contributed by atoms with van der Waals surface area (Å²) in [7, 11) is 0. The fourth-order valence-corrected chi connectivity index (χ4v) is 2.21. The number of halogens is 1. The lowest BCUT2D eigenvalue weighted by atomic mass is 10.3. The molecule has 2 N–H and O–H groups in total. The van der Waals surface area contributed by atoms with E-state index in [9.17, 15) is 4.79 Å². The molecule has 0 saturated carbocycles. The van der Waals surface area contributed by atoms with Gasteiger partial charge in [-0.05, 0) is 39.2 Å². The molecule has 0 aliphatic heterocycles. The number of aryl methyl sites for hydroxylation is 1. The Morgan fingerprint density at radius 2 is 1.96 bits per heavy atom. The molecule has 1 aromatic heterocycles. The van der Waals surface area contributed by atoms with E-state index in [-0.39, 0.29) is 29.5 Å². The average molecular weight is 434 g/mol. The lowest BCUT2D eigenvalue weighted by molar-refractivity contribution is 0.585. The Morgan fingerprint density at radius 1 is 1.17 bits per heavy atom. The second-order valence-electron chi connectivity index (χ2n) is 5.41. The molecule has 5 nitrogen and oxygen atoms in total. The van der Waals surface area contributed by atoms with Crippen molar-refractivity contribution in [2.45, 2.75) is 53.0 Å². The smallest absolute Gasteiger partial charge is 0.250 e. The van der Waals surface area contributed by atoms with Gasteiger partial charge in [-0.2, -0.15) is 0 Å². The number of aromatic nitrogens is 1. The standard InChI is InChI=1S/C17H30N4O.HI/c1-4-6-12-19-17(18-5-2)20-13-7-8-14-21-15(3)10-9-11-16(21)22;/h9-11H,4-8,12-14H2,1-3H3,(H2,18,19,20);1H. The van der Waals surface area contributed by atoms with Crippen molar-refractivity contribution >= 4 is 29.9 Å². The summed E-state index contributed by atoms with van der Waals surface area (Å²) in [5, 5.41) is 6.58. The van der Waals surface area contributed by atoms with Crippen LogP contribution in [0.15, 0.2) is 28.0 Å². The van der Waals surface area contributed by atoms with Crippen LogP contribution >= 0.6 is 24.0 Å². The fraction of sp³-hybridized carbons (Fsp3) is 0.647. The van der Waals surface area contributed by atoms with E-state index in [0.717, 1.165) is 57.1 Å². The van der Waals surface area contributed by atoms with Gasteiger partial charge in [-0.25, -0.2) is 0 Å². The van der Waals surface area contributed by atoms with Crippen LogP contribution < -0.4 is 16.2 Å². The minimum absolute atomic E-state index is 0. The number of nitrogens with zero attached hydrogens (tertiary/aromatic N) is 2. The van der Waals surface area contributed by atoms with Crippen molar-refractivity contribution < 1.29 is 0 Å². The minimum Gasteiger partial charge on any atom is -0.357 e. The number of hydrogen-bond donors (Lipinski definition) is 2. The van der Waals surface area contributed by atoms with Gasteiger partial charge in [0.15, 0.2) is 5.96 Å². The van der Waals surface area contributed by atoms with Crippen molar-refractivity contribution in [2.75, 3.05) is 19.6 Å². The van der Waals surface area contributed by atoms with E-state index in [0.29, 0.717) is 0 Å². The molecule has 0 radical (unpaired) electrons. The quantitative estimate of drug-likeness (QED) is 0.272. The summed E-state index contributed by atoms with van der Waals surface area (Å²) in [6.07, 6.45) is 4.27. The molecule has 0 saturated heterocycles. The molecule has 0 aromatic carbocycles. The Hall–Kier alpha value is -1.05. The Bertz CT molecular complexity index is 514. The van der Waals surface area contributed by atoms with Gasteiger partial charge in [-0.3, -0.25) is 9.79 Å². The van der Waals surface area contributed by atoms with Crippen LogP contribution in [0.1, 0.15) is 45.2 Å². The molecule has 23 heavy (non-hydrogen) atoms. The number of aliphatic imine (C=N–C) groups is 1. The molecular formula is C17H31IN4O. The summed E-state index contributed by atoms with van der Waals surface area (Å²) >= 11 is 0. The molecule has 1 rings (SSSR count). The first-order chi connectivity index (χ1) is 10.7. The van der Waals surface area contributed by atoms with Gasteiger partial charge in [-0.15, -0.1) is 24.0 Å². The molecule has 1 heterocycles. The first kappa shape index (κ1) is 21.9. The van der Waals surface area contributed by atoms with Gasteiger partial charge in [0.1, 0.15) is 0 Å². The van der Waals surface area contributed by atoms with Crippen LogP contribution in [0.4, 0.5) is 0 Å². The largest absolute Gasteiger partial charge is 0.357 e. The molecule has 0 amide bonds. The molecule has 0 bridgehead atoms. The van der Waals surface area contributed by atoms with Crippen molar-refractivity contribution in [3.8, 4) is 0 Å². The average Bonchev–Trinajstić information content (AvgIpc) is 2.49. The van der Waals surface area contributed by atoms with Gasteiger partial charge in [0.25, 0.3) is 5.56 Å². The van der Waals surface area contributed by atoms with Crippen molar-refractivity contribution in [2.24, 2.45) is 4.99 Å². The SMILES string of the molecule is CCCCNC(=NCCCCn1c(C)cccc1=O)NCC.I. The second kappa shape index (κ2) is 13.4. The van der Waals surface area contributed by atoms with Crippen molar-refractivity contribution in [3.05, 3.63) is 34.2 Å². The van der Waals surface area contributed by atoms with Gasteiger partial charge in [0.2, 0.25) is 0 Å². The summed E-state index contributed by atoms with van der Waals surface area (Å²) in [5.74, 6) is 0.893. The number of guanidine groups is 1. The molecule has 0 aliphatic carbocycles. The molecular weight excluding hydrogens is 403 g/mol. The van der Waals surface area contributed by atoms with Crippen molar-refractivity contribution in [1.29, 1.82) is 0 Å². The number of rotatable bonds is 9. The minimum atomic E-state index is 0. The Balaban J connectivity index is 0.00000484. The number of pyridine rings is 1. The van der Waals surface area contributed by atoms with Crippen LogP contribution in [0.5, 0.6) is 0 Å².